The van der Waals surface area contributed by atoms with Gasteiger partial charge in [-0.05, 0) is 49.9 Å². The van der Waals surface area contributed by atoms with Gasteiger partial charge in [0.25, 0.3) is 5.91 Å². The van der Waals surface area contributed by atoms with Gasteiger partial charge in [0.15, 0.2) is 0 Å². The number of hydrogen-bond donors (Lipinski definition) is 1. The zero-order valence-corrected chi connectivity index (χ0v) is 13.9. The van der Waals surface area contributed by atoms with Gasteiger partial charge >= 0.3 is 0 Å². The first-order valence-corrected chi connectivity index (χ1v) is 8.62. The lowest BCUT2D eigenvalue weighted by Crippen LogP contribution is -2.41. The smallest absolute Gasteiger partial charge is 0.253 e. The van der Waals surface area contributed by atoms with E-state index in [1.54, 1.807) is 30.3 Å². The number of amides is 2. The second-order valence-corrected chi connectivity index (χ2v) is 6.54. The molecule has 2 amide bonds. The number of carbonyl (C=O) groups is 3. The molecule has 1 heterocycles. The standard InChI is InChI=1S/C19H22N2O4/c22-17(15-5-1-2-6-16(15)19(24)25)20-14-9-7-13(8-10-14)18(23)21-11-3-4-12-21/h1-2,7-10,15-16H,3-6,11-12H2,(H,20,22)(H,24,25)/p-1/t15-,16-/m1/s1. The summed E-state index contributed by atoms with van der Waals surface area (Å²) in [6.07, 6.45) is 6.36. The molecule has 1 N–H and O–H groups in total. The van der Waals surface area contributed by atoms with Crippen LogP contribution in [0.1, 0.15) is 36.0 Å². The summed E-state index contributed by atoms with van der Waals surface area (Å²) in [5.74, 6) is -2.97. The van der Waals surface area contributed by atoms with Gasteiger partial charge < -0.3 is 20.1 Å². The van der Waals surface area contributed by atoms with Crippen molar-refractivity contribution in [2.45, 2.75) is 25.7 Å². The second-order valence-electron chi connectivity index (χ2n) is 6.54. The van der Waals surface area contributed by atoms with E-state index in [9.17, 15) is 19.5 Å². The molecule has 1 aromatic rings. The number of nitrogens with one attached hydrogen (secondary N) is 1. The van der Waals surface area contributed by atoms with Crippen LogP contribution in [0.15, 0.2) is 36.4 Å². The first kappa shape index (κ1) is 17.2. The second kappa shape index (κ2) is 7.51. The van der Waals surface area contributed by atoms with Crippen LogP contribution in [0.3, 0.4) is 0 Å². The van der Waals surface area contributed by atoms with Gasteiger partial charge in [-0.3, -0.25) is 9.59 Å². The van der Waals surface area contributed by atoms with E-state index in [0.717, 1.165) is 25.9 Å². The minimum absolute atomic E-state index is 0.00445. The molecular formula is C19H21N2O4-. The average Bonchev–Trinajstić information content (AvgIpc) is 3.16. The molecule has 1 aliphatic carbocycles. The van der Waals surface area contributed by atoms with Crippen LogP contribution >= 0.6 is 0 Å². The number of nitrogens with zero attached hydrogens (tertiary/aromatic N) is 1. The van der Waals surface area contributed by atoms with Crippen molar-refractivity contribution in [2.75, 3.05) is 18.4 Å². The molecule has 0 saturated carbocycles. The molecule has 1 aliphatic heterocycles. The van der Waals surface area contributed by atoms with Crippen molar-refractivity contribution < 1.29 is 19.5 Å². The van der Waals surface area contributed by atoms with Crippen molar-refractivity contribution in [3.05, 3.63) is 42.0 Å². The largest absolute Gasteiger partial charge is 0.550 e. The first-order chi connectivity index (χ1) is 12.1. The number of carboxylic acids is 1. The van der Waals surface area contributed by atoms with Gasteiger partial charge in [-0.2, -0.15) is 0 Å². The Morgan fingerprint density at radius 1 is 0.960 bits per heavy atom. The molecule has 2 atom stereocenters. The van der Waals surface area contributed by atoms with Crippen molar-refractivity contribution >= 4 is 23.5 Å². The highest BCUT2D eigenvalue weighted by Gasteiger charge is 2.29. The fourth-order valence-corrected chi connectivity index (χ4v) is 3.40. The summed E-state index contributed by atoms with van der Waals surface area (Å²) in [7, 11) is 0. The number of rotatable bonds is 4. The summed E-state index contributed by atoms with van der Waals surface area (Å²) in [4.78, 5) is 37.7. The van der Waals surface area contributed by atoms with Crippen molar-refractivity contribution in [3.63, 3.8) is 0 Å². The molecule has 25 heavy (non-hydrogen) atoms. The highest BCUT2D eigenvalue weighted by Crippen LogP contribution is 2.26. The number of likely N-dealkylation sites (tertiary alicyclic amines) is 1. The van der Waals surface area contributed by atoms with Crippen LogP contribution in [0.25, 0.3) is 0 Å². The fraction of sp³-hybridized carbons (Fsp3) is 0.421. The summed E-state index contributed by atoms with van der Waals surface area (Å²) in [5, 5.41) is 13.9. The molecule has 0 bridgehead atoms. The van der Waals surface area contributed by atoms with Crippen LogP contribution < -0.4 is 10.4 Å². The highest BCUT2D eigenvalue weighted by molar-refractivity contribution is 5.97. The van der Waals surface area contributed by atoms with Gasteiger partial charge in [-0.25, -0.2) is 0 Å². The normalized spacial score (nSPS) is 22.6. The minimum atomic E-state index is -1.20. The summed E-state index contributed by atoms with van der Waals surface area (Å²) in [5.41, 5.74) is 1.14. The Labute approximate surface area is 146 Å². The maximum Gasteiger partial charge on any atom is 0.253 e. The van der Waals surface area contributed by atoms with Gasteiger partial charge in [0.2, 0.25) is 5.91 Å². The fourth-order valence-electron chi connectivity index (χ4n) is 3.40. The van der Waals surface area contributed by atoms with Crippen LogP contribution in [0.2, 0.25) is 0 Å². The quantitative estimate of drug-likeness (QED) is 0.833. The molecule has 2 aliphatic rings. The molecule has 6 nitrogen and oxygen atoms in total. The van der Waals surface area contributed by atoms with Crippen molar-refractivity contribution in [1.82, 2.24) is 4.90 Å². The first-order valence-electron chi connectivity index (χ1n) is 8.62. The topological polar surface area (TPSA) is 89.5 Å². The van der Waals surface area contributed by atoms with Gasteiger partial charge in [0.1, 0.15) is 0 Å². The van der Waals surface area contributed by atoms with Gasteiger partial charge in [0.05, 0.1) is 5.92 Å². The summed E-state index contributed by atoms with van der Waals surface area (Å²) in [6, 6.07) is 6.72. The molecule has 3 rings (SSSR count). The third-order valence-electron chi connectivity index (χ3n) is 4.86. The third kappa shape index (κ3) is 3.90. The van der Waals surface area contributed by atoms with Gasteiger partial charge in [-0.1, -0.05) is 12.2 Å². The molecule has 1 saturated heterocycles. The molecule has 1 aromatic carbocycles. The zero-order chi connectivity index (χ0) is 17.8. The summed E-state index contributed by atoms with van der Waals surface area (Å²) >= 11 is 0. The molecule has 0 aromatic heterocycles. The minimum Gasteiger partial charge on any atom is -0.550 e. The molecular weight excluding hydrogens is 320 g/mol. The van der Waals surface area contributed by atoms with Crippen LogP contribution in [0, 0.1) is 11.8 Å². The lowest BCUT2D eigenvalue weighted by atomic mass is 9.82. The lowest BCUT2D eigenvalue weighted by Gasteiger charge is -2.28. The maximum absolute atomic E-state index is 12.4. The van der Waals surface area contributed by atoms with Crippen molar-refractivity contribution in [3.8, 4) is 0 Å². The number of aliphatic carboxylic acids is 1. The SMILES string of the molecule is O=C([O-])[C@@H]1CC=CC[C@H]1C(=O)Nc1ccc(C(=O)N2CCCC2)cc1. The third-order valence-corrected chi connectivity index (χ3v) is 4.86. The molecule has 132 valence electrons. The average molecular weight is 341 g/mol. The number of allylic oxidation sites excluding steroid dienone is 2. The van der Waals surface area contributed by atoms with Crippen molar-refractivity contribution in [2.24, 2.45) is 11.8 Å². The van der Waals surface area contributed by atoms with E-state index in [1.165, 1.54) is 0 Å². The van der Waals surface area contributed by atoms with Crippen LogP contribution in [-0.2, 0) is 9.59 Å². The Bertz CT molecular complexity index is 690. The Morgan fingerprint density at radius 2 is 1.56 bits per heavy atom. The Balaban J connectivity index is 1.64. The number of carbonyl (C=O) groups excluding carboxylic acids is 3. The predicted octanol–water partition coefficient (Wildman–Crippen LogP) is 1.19. The number of hydrogen-bond acceptors (Lipinski definition) is 4. The van der Waals surface area contributed by atoms with E-state index >= 15 is 0 Å². The van der Waals surface area contributed by atoms with E-state index in [1.807, 2.05) is 11.0 Å². The van der Waals surface area contributed by atoms with Crippen LogP contribution in [-0.4, -0.2) is 35.8 Å². The molecule has 0 radical (unpaired) electrons. The highest BCUT2D eigenvalue weighted by atomic mass is 16.4. The van der Waals surface area contributed by atoms with Gasteiger partial charge in [-0.15, -0.1) is 0 Å². The van der Waals surface area contributed by atoms with Crippen LogP contribution in [0.5, 0.6) is 0 Å². The molecule has 0 unspecified atom stereocenters. The summed E-state index contributed by atoms with van der Waals surface area (Å²) < 4.78 is 0. The lowest BCUT2D eigenvalue weighted by molar-refractivity contribution is -0.313. The molecule has 6 heteroatoms. The number of carboxylic acid groups (broad SMARTS) is 1. The predicted molar refractivity (Wildman–Crippen MR) is 90.6 cm³/mol. The molecule has 1 fully saturated rings. The maximum atomic E-state index is 12.4. The monoisotopic (exact) mass is 341 g/mol. The number of benzene rings is 1. The Hall–Kier alpha value is -2.63. The summed E-state index contributed by atoms with van der Waals surface area (Å²) in [6.45, 7) is 1.58. The van der Waals surface area contributed by atoms with E-state index < -0.39 is 17.8 Å². The van der Waals surface area contributed by atoms with E-state index in [0.29, 0.717) is 24.1 Å². The number of anilines is 1. The van der Waals surface area contributed by atoms with E-state index in [-0.39, 0.29) is 11.8 Å². The molecule has 0 spiro atoms. The van der Waals surface area contributed by atoms with Crippen molar-refractivity contribution in [1.29, 1.82) is 0 Å². The van der Waals surface area contributed by atoms with E-state index in [4.69, 9.17) is 0 Å². The van der Waals surface area contributed by atoms with Gasteiger partial charge in [0, 0.05) is 36.2 Å². The zero-order valence-electron chi connectivity index (χ0n) is 13.9. The van der Waals surface area contributed by atoms with Crippen LogP contribution in [0.4, 0.5) is 5.69 Å². The Morgan fingerprint density at radius 3 is 2.16 bits per heavy atom. The van der Waals surface area contributed by atoms with E-state index in [2.05, 4.69) is 5.32 Å². The Kier molecular flexibility index (Phi) is 5.16.